The first-order valence-electron chi connectivity index (χ1n) is 5.56. The minimum absolute atomic E-state index is 0.876. The summed E-state index contributed by atoms with van der Waals surface area (Å²) in [5.74, 6) is 0. The number of hydrogen-bond donors (Lipinski definition) is 0. The Morgan fingerprint density at radius 1 is 1.33 bits per heavy atom. The van der Waals surface area contributed by atoms with E-state index in [1.807, 2.05) is 6.20 Å². The molecule has 1 aliphatic rings. The molecule has 0 N–H and O–H groups in total. The minimum Gasteiger partial charge on any atom is -0.379 e. The van der Waals surface area contributed by atoms with Crippen molar-refractivity contribution in [2.45, 2.75) is 13.3 Å². The summed E-state index contributed by atoms with van der Waals surface area (Å²) in [6, 6.07) is 4.25. The first-order valence-corrected chi connectivity index (χ1v) is 5.56. The van der Waals surface area contributed by atoms with Gasteiger partial charge in [0.15, 0.2) is 0 Å². The Labute approximate surface area is 91.1 Å². The summed E-state index contributed by atoms with van der Waals surface area (Å²) in [5, 5.41) is 0. The molecule has 1 fully saturated rings. The van der Waals surface area contributed by atoms with E-state index in [0.29, 0.717) is 0 Å². The molecule has 1 aliphatic heterocycles. The number of pyridine rings is 1. The van der Waals surface area contributed by atoms with E-state index in [1.165, 1.54) is 11.3 Å². The average Bonchev–Trinajstić information content (AvgIpc) is 2.30. The van der Waals surface area contributed by atoms with Gasteiger partial charge in [-0.1, -0.05) is 6.07 Å². The molecule has 2 rings (SSSR count). The zero-order valence-electron chi connectivity index (χ0n) is 9.28. The second-order valence-electron chi connectivity index (χ2n) is 4.03. The highest BCUT2D eigenvalue weighted by atomic mass is 16.5. The minimum atomic E-state index is 0.876. The van der Waals surface area contributed by atoms with Crippen molar-refractivity contribution in [3.8, 4) is 0 Å². The fourth-order valence-corrected chi connectivity index (χ4v) is 1.74. The average molecular weight is 206 g/mol. The van der Waals surface area contributed by atoms with Gasteiger partial charge in [-0.15, -0.1) is 0 Å². The van der Waals surface area contributed by atoms with E-state index in [-0.39, 0.29) is 0 Å². The lowest BCUT2D eigenvalue weighted by Gasteiger charge is -2.26. The molecule has 1 aromatic rings. The van der Waals surface area contributed by atoms with Crippen LogP contribution in [-0.2, 0) is 11.2 Å². The molecule has 0 saturated carbocycles. The number of aromatic nitrogens is 1. The third kappa shape index (κ3) is 3.29. The topological polar surface area (TPSA) is 25.4 Å². The van der Waals surface area contributed by atoms with Crippen LogP contribution in [0.25, 0.3) is 0 Å². The van der Waals surface area contributed by atoms with Crippen LogP contribution in [0.4, 0.5) is 0 Å². The third-order valence-electron chi connectivity index (χ3n) is 2.76. The van der Waals surface area contributed by atoms with Gasteiger partial charge in [0.2, 0.25) is 0 Å². The Bertz CT molecular complexity index is 291. The van der Waals surface area contributed by atoms with Crippen molar-refractivity contribution in [3.63, 3.8) is 0 Å². The Hall–Kier alpha value is -0.930. The first-order chi connectivity index (χ1) is 7.34. The van der Waals surface area contributed by atoms with Crippen LogP contribution in [0.5, 0.6) is 0 Å². The lowest BCUT2D eigenvalue weighted by atomic mass is 10.2. The van der Waals surface area contributed by atoms with Crippen LogP contribution in [0.15, 0.2) is 18.3 Å². The third-order valence-corrected chi connectivity index (χ3v) is 2.76. The van der Waals surface area contributed by atoms with E-state index in [0.717, 1.165) is 39.3 Å². The van der Waals surface area contributed by atoms with E-state index < -0.39 is 0 Å². The quantitative estimate of drug-likeness (QED) is 0.744. The van der Waals surface area contributed by atoms with Gasteiger partial charge in [-0.2, -0.15) is 0 Å². The second kappa shape index (κ2) is 5.24. The highest BCUT2D eigenvalue weighted by Crippen LogP contribution is 2.02. The summed E-state index contributed by atoms with van der Waals surface area (Å²) >= 11 is 0. The molecule has 1 aromatic heterocycles. The fraction of sp³-hybridized carbons (Fsp3) is 0.583. The number of morpholine rings is 1. The van der Waals surface area contributed by atoms with Gasteiger partial charge in [0.1, 0.15) is 0 Å². The SMILES string of the molecule is Cc1ccc(CCN2CCOCC2)nc1. The lowest BCUT2D eigenvalue weighted by molar-refractivity contribution is 0.0383. The van der Waals surface area contributed by atoms with Gasteiger partial charge in [0.25, 0.3) is 0 Å². The second-order valence-corrected chi connectivity index (χ2v) is 4.03. The van der Waals surface area contributed by atoms with E-state index in [4.69, 9.17) is 4.74 Å². The standard InChI is InChI=1S/C12H18N2O/c1-11-2-3-12(13-10-11)4-5-14-6-8-15-9-7-14/h2-3,10H,4-9H2,1H3. The van der Waals surface area contributed by atoms with Crippen molar-refractivity contribution in [1.82, 2.24) is 9.88 Å². The van der Waals surface area contributed by atoms with Crippen LogP contribution in [0.3, 0.4) is 0 Å². The number of aryl methyl sites for hydroxylation is 1. The van der Waals surface area contributed by atoms with Crippen LogP contribution in [-0.4, -0.2) is 42.7 Å². The zero-order valence-corrected chi connectivity index (χ0v) is 9.28. The predicted octanol–water partition coefficient (Wildman–Crippen LogP) is 1.26. The van der Waals surface area contributed by atoms with Crippen molar-refractivity contribution >= 4 is 0 Å². The van der Waals surface area contributed by atoms with Gasteiger partial charge in [0, 0.05) is 37.9 Å². The van der Waals surface area contributed by atoms with Gasteiger partial charge in [-0.05, 0) is 18.6 Å². The summed E-state index contributed by atoms with van der Waals surface area (Å²) in [6.07, 6.45) is 2.98. The van der Waals surface area contributed by atoms with Crippen LogP contribution >= 0.6 is 0 Å². The van der Waals surface area contributed by atoms with Crippen molar-refractivity contribution < 1.29 is 4.74 Å². The van der Waals surface area contributed by atoms with E-state index in [9.17, 15) is 0 Å². The van der Waals surface area contributed by atoms with Crippen LogP contribution < -0.4 is 0 Å². The van der Waals surface area contributed by atoms with Crippen molar-refractivity contribution in [3.05, 3.63) is 29.6 Å². The van der Waals surface area contributed by atoms with Gasteiger partial charge >= 0.3 is 0 Å². The number of nitrogens with zero attached hydrogens (tertiary/aromatic N) is 2. The summed E-state index contributed by atoms with van der Waals surface area (Å²) in [7, 11) is 0. The molecular weight excluding hydrogens is 188 g/mol. The number of ether oxygens (including phenoxy) is 1. The van der Waals surface area contributed by atoms with Gasteiger partial charge in [0.05, 0.1) is 13.2 Å². The maximum absolute atomic E-state index is 5.31. The molecule has 3 heteroatoms. The summed E-state index contributed by atoms with van der Waals surface area (Å²) < 4.78 is 5.31. The summed E-state index contributed by atoms with van der Waals surface area (Å²) in [5.41, 5.74) is 2.41. The van der Waals surface area contributed by atoms with Gasteiger partial charge in [-0.25, -0.2) is 0 Å². The molecule has 0 atom stereocenters. The molecule has 0 aliphatic carbocycles. The highest BCUT2D eigenvalue weighted by molar-refractivity contribution is 5.12. The lowest BCUT2D eigenvalue weighted by Crippen LogP contribution is -2.37. The smallest absolute Gasteiger partial charge is 0.0594 e. The van der Waals surface area contributed by atoms with Gasteiger partial charge < -0.3 is 4.74 Å². The molecule has 0 spiro atoms. The molecule has 82 valence electrons. The number of rotatable bonds is 3. The predicted molar refractivity (Wildman–Crippen MR) is 59.9 cm³/mol. The normalized spacial score (nSPS) is 17.9. The molecule has 0 amide bonds. The fourth-order valence-electron chi connectivity index (χ4n) is 1.74. The molecule has 2 heterocycles. The van der Waals surface area contributed by atoms with Crippen LogP contribution in [0.2, 0.25) is 0 Å². The molecule has 0 bridgehead atoms. The monoisotopic (exact) mass is 206 g/mol. The van der Waals surface area contributed by atoms with Crippen molar-refractivity contribution in [1.29, 1.82) is 0 Å². The van der Waals surface area contributed by atoms with Crippen molar-refractivity contribution in [2.75, 3.05) is 32.8 Å². The summed E-state index contributed by atoms with van der Waals surface area (Å²) in [4.78, 5) is 6.84. The first kappa shape index (κ1) is 10.6. The molecule has 15 heavy (non-hydrogen) atoms. The van der Waals surface area contributed by atoms with Gasteiger partial charge in [-0.3, -0.25) is 9.88 Å². The molecule has 0 unspecified atom stereocenters. The molecule has 3 nitrogen and oxygen atoms in total. The maximum Gasteiger partial charge on any atom is 0.0594 e. The number of hydrogen-bond acceptors (Lipinski definition) is 3. The summed E-state index contributed by atoms with van der Waals surface area (Å²) in [6.45, 7) is 7.04. The van der Waals surface area contributed by atoms with E-state index in [1.54, 1.807) is 0 Å². The Morgan fingerprint density at radius 2 is 2.13 bits per heavy atom. The molecule has 1 saturated heterocycles. The maximum atomic E-state index is 5.31. The zero-order chi connectivity index (χ0) is 10.5. The Balaban J connectivity index is 1.79. The molecular formula is C12H18N2O. The highest BCUT2D eigenvalue weighted by Gasteiger charge is 2.09. The molecule has 0 radical (unpaired) electrons. The van der Waals surface area contributed by atoms with E-state index >= 15 is 0 Å². The van der Waals surface area contributed by atoms with Crippen molar-refractivity contribution in [2.24, 2.45) is 0 Å². The Morgan fingerprint density at radius 3 is 2.80 bits per heavy atom. The Kier molecular flexibility index (Phi) is 3.69. The van der Waals surface area contributed by atoms with Crippen LogP contribution in [0.1, 0.15) is 11.3 Å². The van der Waals surface area contributed by atoms with Crippen LogP contribution in [0, 0.1) is 6.92 Å². The molecule has 0 aromatic carbocycles. The van der Waals surface area contributed by atoms with E-state index in [2.05, 4.69) is 28.9 Å². The largest absolute Gasteiger partial charge is 0.379 e.